The Labute approximate surface area is 92.2 Å². The molecule has 1 aromatic carbocycles. The molecule has 16 heavy (non-hydrogen) atoms. The minimum Gasteiger partial charge on any atom is -0.496 e. The molecule has 1 aromatic rings. The van der Waals surface area contributed by atoms with Gasteiger partial charge in [-0.05, 0) is 12.1 Å². The lowest BCUT2D eigenvalue weighted by atomic mass is 10.0. The molecular formula is C11H9NO4. The monoisotopic (exact) mass is 219 g/mol. The predicted octanol–water partition coefficient (Wildman–Crippen LogP) is 1.17. The second-order valence-electron chi connectivity index (χ2n) is 2.87. The summed E-state index contributed by atoms with van der Waals surface area (Å²) in [5.41, 5.74) is 0.340. The number of hydrogen-bond donors (Lipinski definition) is 0. The Kier molecular flexibility index (Phi) is 3.62. The molecule has 0 saturated heterocycles. The summed E-state index contributed by atoms with van der Waals surface area (Å²) in [4.78, 5) is 22.0. The fourth-order valence-corrected chi connectivity index (χ4v) is 1.27. The van der Waals surface area contributed by atoms with Crippen LogP contribution in [-0.4, -0.2) is 26.5 Å². The molecule has 0 heterocycles. The van der Waals surface area contributed by atoms with Crippen LogP contribution in [0.1, 0.15) is 26.3 Å². The van der Waals surface area contributed by atoms with Gasteiger partial charge in [0.25, 0.3) is 0 Å². The van der Waals surface area contributed by atoms with Crippen LogP contribution >= 0.6 is 0 Å². The molecule has 0 unspecified atom stereocenters. The van der Waals surface area contributed by atoms with Crippen LogP contribution in [0.2, 0.25) is 0 Å². The van der Waals surface area contributed by atoms with Crippen LogP contribution < -0.4 is 4.74 Å². The number of carbonyl (C=O) groups is 2. The number of esters is 1. The van der Waals surface area contributed by atoms with Crippen molar-refractivity contribution in [3.05, 3.63) is 28.8 Å². The Hall–Kier alpha value is -2.35. The standard InChI is InChI=1S/C11H9NO4/c1-15-9-4-7(6-13)3-8(5-12)10(9)11(14)16-2/h3-4,6H,1-2H3. The summed E-state index contributed by atoms with van der Waals surface area (Å²) in [6.07, 6.45) is 0.574. The largest absolute Gasteiger partial charge is 0.496 e. The van der Waals surface area contributed by atoms with E-state index in [1.807, 2.05) is 6.07 Å². The molecular weight excluding hydrogens is 210 g/mol. The third-order valence-electron chi connectivity index (χ3n) is 1.99. The summed E-state index contributed by atoms with van der Waals surface area (Å²) in [6.45, 7) is 0. The van der Waals surface area contributed by atoms with Crippen molar-refractivity contribution in [2.45, 2.75) is 0 Å². The fourth-order valence-electron chi connectivity index (χ4n) is 1.27. The molecule has 0 aliphatic heterocycles. The fraction of sp³-hybridized carbons (Fsp3) is 0.182. The van der Waals surface area contributed by atoms with E-state index < -0.39 is 5.97 Å². The van der Waals surface area contributed by atoms with Gasteiger partial charge < -0.3 is 9.47 Å². The maximum absolute atomic E-state index is 11.4. The first kappa shape index (κ1) is 11.7. The average molecular weight is 219 g/mol. The molecule has 82 valence electrons. The molecule has 0 atom stereocenters. The minimum absolute atomic E-state index is 0.0260. The van der Waals surface area contributed by atoms with E-state index in [9.17, 15) is 9.59 Å². The summed E-state index contributed by atoms with van der Waals surface area (Å²) in [5.74, 6) is -0.529. The lowest BCUT2D eigenvalue weighted by molar-refractivity contribution is 0.0596. The third kappa shape index (κ3) is 2.01. The molecule has 0 N–H and O–H groups in total. The number of aldehydes is 1. The summed E-state index contributed by atoms with van der Waals surface area (Å²) in [7, 11) is 2.55. The van der Waals surface area contributed by atoms with Crippen molar-refractivity contribution in [2.24, 2.45) is 0 Å². The Morgan fingerprint density at radius 2 is 2.12 bits per heavy atom. The number of methoxy groups -OCH3 is 2. The molecule has 0 aromatic heterocycles. The number of carbonyl (C=O) groups excluding carboxylic acids is 2. The molecule has 0 aliphatic carbocycles. The van der Waals surface area contributed by atoms with Crippen molar-refractivity contribution in [1.29, 1.82) is 5.26 Å². The van der Waals surface area contributed by atoms with E-state index in [1.165, 1.54) is 26.4 Å². The molecule has 5 nitrogen and oxygen atoms in total. The molecule has 1 rings (SSSR count). The summed E-state index contributed by atoms with van der Waals surface area (Å²) >= 11 is 0. The van der Waals surface area contributed by atoms with E-state index in [2.05, 4.69) is 4.74 Å². The van der Waals surface area contributed by atoms with E-state index in [1.54, 1.807) is 0 Å². The van der Waals surface area contributed by atoms with Gasteiger partial charge in [0.1, 0.15) is 23.7 Å². The third-order valence-corrected chi connectivity index (χ3v) is 1.99. The first-order valence-corrected chi connectivity index (χ1v) is 4.33. The topological polar surface area (TPSA) is 76.4 Å². The molecule has 0 saturated carbocycles. The second kappa shape index (κ2) is 4.94. The zero-order chi connectivity index (χ0) is 12.1. The van der Waals surface area contributed by atoms with Crippen molar-refractivity contribution in [3.8, 4) is 11.8 Å². The lowest BCUT2D eigenvalue weighted by Gasteiger charge is -2.08. The highest BCUT2D eigenvalue weighted by molar-refractivity contribution is 5.96. The van der Waals surface area contributed by atoms with Crippen molar-refractivity contribution < 1.29 is 19.1 Å². The van der Waals surface area contributed by atoms with Crippen molar-refractivity contribution in [2.75, 3.05) is 14.2 Å². The Morgan fingerprint density at radius 1 is 1.44 bits per heavy atom. The van der Waals surface area contributed by atoms with Crippen LogP contribution in [0.15, 0.2) is 12.1 Å². The van der Waals surface area contributed by atoms with Crippen molar-refractivity contribution in [1.82, 2.24) is 0 Å². The van der Waals surface area contributed by atoms with Gasteiger partial charge in [0, 0.05) is 5.56 Å². The zero-order valence-corrected chi connectivity index (χ0v) is 8.81. The highest BCUT2D eigenvalue weighted by atomic mass is 16.5. The summed E-state index contributed by atoms with van der Waals surface area (Å²) in [5, 5.41) is 8.87. The number of nitriles is 1. The normalized spacial score (nSPS) is 9.06. The number of nitrogens with zero attached hydrogens (tertiary/aromatic N) is 1. The van der Waals surface area contributed by atoms with E-state index in [0.29, 0.717) is 6.29 Å². The maximum Gasteiger partial charge on any atom is 0.343 e. The lowest BCUT2D eigenvalue weighted by Crippen LogP contribution is -2.07. The smallest absolute Gasteiger partial charge is 0.343 e. The SMILES string of the molecule is COC(=O)c1c(C#N)cc(C=O)cc1OC. The van der Waals surface area contributed by atoms with Crippen LogP contribution in [0.4, 0.5) is 0 Å². The Bertz CT molecular complexity index is 474. The molecule has 0 fully saturated rings. The van der Waals surface area contributed by atoms with Gasteiger partial charge in [-0.15, -0.1) is 0 Å². The van der Waals surface area contributed by atoms with E-state index in [0.717, 1.165) is 0 Å². The summed E-state index contributed by atoms with van der Waals surface area (Å²) < 4.78 is 9.48. The number of hydrogen-bond acceptors (Lipinski definition) is 5. The Balaban J connectivity index is 3.50. The highest BCUT2D eigenvalue weighted by Gasteiger charge is 2.19. The number of rotatable bonds is 3. The molecule has 0 amide bonds. The number of ether oxygens (including phenoxy) is 2. The van der Waals surface area contributed by atoms with Gasteiger partial charge in [0.2, 0.25) is 0 Å². The van der Waals surface area contributed by atoms with Crippen LogP contribution in [0.5, 0.6) is 5.75 Å². The van der Waals surface area contributed by atoms with Gasteiger partial charge in [-0.1, -0.05) is 0 Å². The summed E-state index contributed by atoms with van der Waals surface area (Å²) in [6, 6.07) is 4.50. The van der Waals surface area contributed by atoms with Crippen LogP contribution in [0, 0.1) is 11.3 Å². The minimum atomic E-state index is -0.675. The molecule has 0 bridgehead atoms. The van der Waals surface area contributed by atoms with Gasteiger partial charge in [0.05, 0.1) is 19.8 Å². The van der Waals surface area contributed by atoms with Crippen LogP contribution in [0.25, 0.3) is 0 Å². The molecule has 0 aliphatic rings. The number of benzene rings is 1. The first-order chi connectivity index (χ1) is 7.67. The van der Waals surface area contributed by atoms with E-state index >= 15 is 0 Å². The van der Waals surface area contributed by atoms with Gasteiger partial charge in [-0.2, -0.15) is 5.26 Å². The second-order valence-corrected chi connectivity index (χ2v) is 2.87. The van der Waals surface area contributed by atoms with Gasteiger partial charge in [-0.25, -0.2) is 4.79 Å². The van der Waals surface area contributed by atoms with Gasteiger partial charge in [0.15, 0.2) is 0 Å². The molecule has 0 spiro atoms. The molecule has 0 radical (unpaired) electrons. The van der Waals surface area contributed by atoms with E-state index in [4.69, 9.17) is 10.00 Å². The Morgan fingerprint density at radius 3 is 2.56 bits per heavy atom. The highest BCUT2D eigenvalue weighted by Crippen LogP contribution is 2.24. The maximum atomic E-state index is 11.4. The van der Waals surface area contributed by atoms with Gasteiger partial charge in [-0.3, -0.25) is 4.79 Å². The quantitative estimate of drug-likeness (QED) is 0.563. The van der Waals surface area contributed by atoms with Gasteiger partial charge >= 0.3 is 5.97 Å². The van der Waals surface area contributed by atoms with Crippen LogP contribution in [-0.2, 0) is 4.74 Å². The van der Waals surface area contributed by atoms with Crippen molar-refractivity contribution in [3.63, 3.8) is 0 Å². The van der Waals surface area contributed by atoms with E-state index in [-0.39, 0.29) is 22.4 Å². The van der Waals surface area contributed by atoms with Crippen molar-refractivity contribution >= 4 is 12.3 Å². The zero-order valence-electron chi connectivity index (χ0n) is 8.81. The van der Waals surface area contributed by atoms with Crippen LogP contribution in [0.3, 0.4) is 0 Å². The average Bonchev–Trinajstić information content (AvgIpc) is 2.35. The first-order valence-electron chi connectivity index (χ1n) is 4.33. The predicted molar refractivity (Wildman–Crippen MR) is 54.4 cm³/mol. The molecule has 5 heteroatoms.